The molecule has 2 amide bonds. The van der Waals surface area contributed by atoms with Crippen LogP contribution in [0.4, 0.5) is 10.6 Å². The van der Waals surface area contributed by atoms with E-state index in [1.165, 1.54) is 4.90 Å². The van der Waals surface area contributed by atoms with Crippen molar-refractivity contribution >= 4 is 28.7 Å². The van der Waals surface area contributed by atoms with E-state index in [0.29, 0.717) is 36.7 Å². The van der Waals surface area contributed by atoms with Gasteiger partial charge in [0.2, 0.25) is 5.91 Å². The van der Waals surface area contributed by atoms with E-state index in [1.54, 1.807) is 6.07 Å². The van der Waals surface area contributed by atoms with Crippen LogP contribution in [0.1, 0.15) is 24.0 Å². The highest BCUT2D eigenvalue weighted by atomic mass is 16.6. The molecule has 0 bridgehead atoms. The van der Waals surface area contributed by atoms with Gasteiger partial charge in [0.25, 0.3) is 0 Å². The van der Waals surface area contributed by atoms with E-state index in [-0.39, 0.29) is 12.5 Å². The number of fused-ring (bicyclic) bond motifs is 1. The van der Waals surface area contributed by atoms with Crippen molar-refractivity contribution in [2.45, 2.75) is 32.1 Å². The number of aromatic nitrogens is 1. The number of carbonyl (C=O) groups is 2. The van der Waals surface area contributed by atoms with E-state index in [9.17, 15) is 9.59 Å². The van der Waals surface area contributed by atoms with Gasteiger partial charge in [-0.15, -0.1) is 0 Å². The van der Waals surface area contributed by atoms with Gasteiger partial charge in [0.15, 0.2) is 0 Å². The Morgan fingerprint density at radius 3 is 2.33 bits per heavy atom. The Bertz CT molecular complexity index is 1340. The lowest BCUT2D eigenvalue weighted by molar-refractivity contribution is -0.120. The number of likely N-dealkylation sites (tertiary alicyclic amines) is 1. The number of hydrogen-bond acceptors (Lipinski definition) is 5. The molecule has 0 aliphatic carbocycles. The molecular formula is C29H27N3O4. The zero-order chi connectivity index (χ0) is 24.7. The van der Waals surface area contributed by atoms with Crippen LogP contribution in [0.25, 0.3) is 10.9 Å². The highest BCUT2D eigenvalue weighted by Crippen LogP contribution is 2.27. The van der Waals surface area contributed by atoms with Crippen molar-refractivity contribution in [2.24, 2.45) is 0 Å². The Hall–Kier alpha value is -4.39. The second-order valence-electron chi connectivity index (χ2n) is 8.68. The summed E-state index contributed by atoms with van der Waals surface area (Å²) < 4.78 is 11.5. The van der Waals surface area contributed by atoms with Gasteiger partial charge in [0.1, 0.15) is 36.3 Å². The number of ether oxygens (including phenoxy) is 2. The molecule has 1 aliphatic heterocycles. The molecule has 1 atom stereocenters. The van der Waals surface area contributed by atoms with Crippen LogP contribution in [0.2, 0.25) is 0 Å². The van der Waals surface area contributed by atoms with Crippen molar-refractivity contribution in [1.29, 1.82) is 0 Å². The predicted octanol–water partition coefficient (Wildman–Crippen LogP) is 5.55. The molecule has 182 valence electrons. The van der Waals surface area contributed by atoms with Gasteiger partial charge in [-0.1, -0.05) is 72.8 Å². The summed E-state index contributed by atoms with van der Waals surface area (Å²) in [5, 5.41) is 3.79. The normalized spacial score (nSPS) is 15.0. The minimum Gasteiger partial charge on any atom is -0.487 e. The smallest absolute Gasteiger partial charge is 0.410 e. The first-order chi connectivity index (χ1) is 17.7. The minimum absolute atomic E-state index is 0.169. The molecule has 0 saturated carbocycles. The fourth-order valence-corrected chi connectivity index (χ4v) is 4.31. The molecule has 4 aromatic rings. The minimum atomic E-state index is -0.602. The lowest BCUT2D eigenvalue weighted by Gasteiger charge is -2.23. The molecule has 1 aromatic heterocycles. The summed E-state index contributed by atoms with van der Waals surface area (Å²) in [5.41, 5.74) is 2.62. The molecular weight excluding hydrogens is 454 g/mol. The lowest BCUT2D eigenvalue weighted by atomic mass is 10.2. The van der Waals surface area contributed by atoms with E-state index < -0.39 is 12.1 Å². The second-order valence-corrected chi connectivity index (χ2v) is 8.68. The molecule has 0 unspecified atom stereocenters. The molecule has 1 fully saturated rings. The van der Waals surface area contributed by atoms with Crippen molar-refractivity contribution in [3.8, 4) is 5.75 Å². The third-order valence-corrected chi connectivity index (χ3v) is 6.17. The lowest BCUT2D eigenvalue weighted by Crippen LogP contribution is -2.43. The number of hydrogen-bond donors (Lipinski definition) is 1. The number of carbonyl (C=O) groups excluding carboxylic acids is 2. The maximum atomic E-state index is 13.1. The summed E-state index contributed by atoms with van der Waals surface area (Å²) >= 11 is 0. The fourth-order valence-electron chi connectivity index (χ4n) is 4.31. The van der Waals surface area contributed by atoms with Crippen molar-refractivity contribution in [1.82, 2.24) is 9.88 Å². The largest absolute Gasteiger partial charge is 0.487 e. The summed E-state index contributed by atoms with van der Waals surface area (Å²) in [6.07, 6.45) is 0.825. The molecule has 1 N–H and O–H groups in total. The van der Waals surface area contributed by atoms with Gasteiger partial charge in [0, 0.05) is 11.9 Å². The Morgan fingerprint density at radius 1 is 0.861 bits per heavy atom. The topological polar surface area (TPSA) is 80.8 Å². The van der Waals surface area contributed by atoms with Crippen LogP contribution in [0.5, 0.6) is 5.75 Å². The van der Waals surface area contributed by atoms with Crippen LogP contribution in [-0.4, -0.2) is 34.5 Å². The Balaban J connectivity index is 1.26. The Labute approximate surface area is 209 Å². The third kappa shape index (κ3) is 5.46. The fraction of sp³-hybridized carbons (Fsp3) is 0.207. The second kappa shape index (κ2) is 10.9. The molecule has 7 nitrogen and oxygen atoms in total. The van der Waals surface area contributed by atoms with Crippen molar-refractivity contribution in [2.75, 3.05) is 11.9 Å². The van der Waals surface area contributed by atoms with Crippen molar-refractivity contribution in [3.05, 3.63) is 102 Å². The molecule has 7 heteroatoms. The number of anilines is 1. The van der Waals surface area contributed by atoms with E-state index in [2.05, 4.69) is 10.3 Å². The predicted molar refractivity (Wildman–Crippen MR) is 138 cm³/mol. The first-order valence-electron chi connectivity index (χ1n) is 12.0. The number of rotatable bonds is 7. The monoisotopic (exact) mass is 481 g/mol. The summed E-state index contributed by atoms with van der Waals surface area (Å²) in [5.74, 6) is 0.769. The van der Waals surface area contributed by atoms with Gasteiger partial charge in [-0.05, 0) is 42.2 Å². The zero-order valence-electron chi connectivity index (χ0n) is 19.8. The van der Waals surface area contributed by atoms with Crippen LogP contribution < -0.4 is 10.1 Å². The average Bonchev–Trinajstić information content (AvgIpc) is 3.42. The number of nitrogens with zero attached hydrogens (tertiary/aromatic N) is 2. The highest BCUT2D eigenvalue weighted by molar-refractivity contribution is 5.97. The number of pyridine rings is 1. The van der Waals surface area contributed by atoms with Gasteiger partial charge in [0.05, 0.1) is 0 Å². The molecule has 1 aliphatic rings. The molecule has 3 aromatic carbocycles. The molecule has 5 rings (SSSR count). The van der Waals surface area contributed by atoms with Crippen molar-refractivity contribution < 1.29 is 19.1 Å². The zero-order valence-corrected chi connectivity index (χ0v) is 19.8. The van der Waals surface area contributed by atoms with Crippen molar-refractivity contribution in [3.63, 3.8) is 0 Å². The van der Waals surface area contributed by atoms with E-state index in [1.807, 2.05) is 84.9 Å². The van der Waals surface area contributed by atoms with E-state index in [0.717, 1.165) is 22.9 Å². The summed E-state index contributed by atoms with van der Waals surface area (Å²) in [7, 11) is 0. The van der Waals surface area contributed by atoms with Crippen LogP contribution in [-0.2, 0) is 22.7 Å². The number of nitrogens with one attached hydrogen (secondary N) is 1. The van der Waals surface area contributed by atoms with E-state index >= 15 is 0 Å². The number of amides is 2. The van der Waals surface area contributed by atoms with Gasteiger partial charge in [-0.3, -0.25) is 9.69 Å². The van der Waals surface area contributed by atoms with Gasteiger partial charge in [-0.25, -0.2) is 9.78 Å². The van der Waals surface area contributed by atoms with Crippen LogP contribution in [0.15, 0.2) is 91.0 Å². The third-order valence-electron chi connectivity index (χ3n) is 6.17. The van der Waals surface area contributed by atoms with Gasteiger partial charge < -0.3 is 14.8 Å². The maximum absolute atomic E-state index is 13.1. The first-order valence-corrected chi connectivity index (χ1v) is 12.0. The summed E-state index contributed by atoms with van der Waals surface area (Å²) in [6, 6.07) is 28.2. The molecule has 0 spiro atoms. The van der Waals surface area contributed by atoms with E-state index in [4.69, 9.17) is 9.47 Å². The average molecular weight is 482 g/mol. The van der Waals surface area contributed by atoms with Crippen LogP contribution in [0.3, 0.4) is 0 Å². The summed E-state index contributed by atoms with van der Waals surface area (Å²) in [6.45, 7) is 1.07. The SMILES string of the molecule is O=C(Nc1ccc2cccc(OCc3ccccc3)c2n1)[C@@H]1CCCN1C(=O)OCc1ccccc1. The maximum Gasteiger partial charge on any atom is 0.410 e. The number of benzene rings is 3. The van der Waals surface area contributed by atoms with Crippen LogP contribution in [0, 0.1) is 0 Å². The molecule has 2 heterocycles. The standard InChI is InChI=1S/C29H27N3O4/c33-28(24-14-8-18-32(24)29(34)36-20-22-11-5-2-6-12-22)31-26-17-16-23-13-7-15-25(27(23)30-26)35-19-21-9-3-1-4-10-21/h1-7,9-13,15-17,24H,8,14,18-20H2,(H,30,31,33)/t24-/m0/s1. The first kappa shape index (κ1) is 23.4. The number of para-hydroxylation sites is 1. The molecule has 0 radical (unpaired) electrons. The summed E-state index contributed by atoms with van der Waals surface area (Å²) in [4.78, 5) is 31.9. The van der Waals surface area contributed by atoms with Crippen LogP contribution >= 0.6 is 0 Å². The Morgan fingerprint density at radius 2 is 1.58 bits per heavy atom. The quantitative estimate of drug-likeness (QED) is 0.374. The highest BCUT2D eigenvalue weighted by Gasteiger charge is 2.35. The van der Waals surface area contributed by atoms with Gasteiger partial charge in [-0.2, -0.15) is 0 Å². The molecule has 36 heavy (non-hydrogen) atoms. The molecule has 1 saturated heterocycles. The Kier molecular flexibility index (Phi) is 7.07. The van der Waals surface area contributed by atoms with Gasteiger partial charge >= 0.3 is 6.09 Å².